The van der Waals surface area contributed by atoms with E-state index in [1.807, 2.05) is 0 Å². The average Bonchev–Trinajstić information content (AvgIpc) is 2.58. The van der Waals surface area contributed by atoms with Gasteiger partial charge in [0.1, 0.15) is 12.4 Å². The molecule has 2 aromatic carbocycles. The first-order valence-corrected chi connectivity index (χ1v) is 10.2. The Labute approximate surface area is 157 Å². The summed E-state index contributed by atoms with van der Waals surface area (Å²) in [5.74, 6) is -0.686. The molecule has 0 saturated carbocycles. The van der Waals surface area contributed by atoms with Crippen LogP contribution in [0.15, 0.2) is 48.5 Å². The van der Waals surface area contributed by atoms with E-state index >= 15 is 0 Å². The molecule has 26 heavy (non-hydrogen) atoms. The van der Waals surface area contributed by atoms with Crippen LogP contribution in [0, 0.1) is 5.82 Å². The number of carbonyl (C=O) groups excluding carboxylic acids is 1. The van der Waals surface area contributed by atoms with Gasteiger partial charge in [-0.05, 0) is 54.8 Å². The van der Waals surface area contributed by atoms with E-state index in [1.165, 1.54) is 12.1 Å². The molecule has 0 radical (unpaired) electrons. The van der Waals surface area contributed by atoms with Crippen molar-refractivity contribution in [2.75, 3.05) is 23.7 Å². The van der Waals surface area contributed by atoms with Crippen LogP contribution in [0.4, 0.5) is 10.1 Å². The van der Waals surface area contributed by atoms with Gasteiger partial charge in [-0.2, -0.15) is 0 Å². The van der Waals surface area contributed by atoms with E-state index < -0.39 is 15.9 Å². The molecule has 140 valence electrons. The van der Waals surface area contributed by atoms with Gasteiger partial charge in [0.25, 0.3) is 0 Å². The predicted octanol–water partition coefficient (Wildman–Crippen LogP) is 2.99. The lowest BCUT2D eigenvalue weighted by molar-refractivity contribution is -0.119. The van der Waals surface area contributed by atoms with Gasteiger partial charge in [0.15, 0.2) is 0 Å². The van der Waals surface area contributed by atoms with Crippen LogP contribution < -0.4 is 9.62 Å². The molecule has 0 bridgehead atoms. The highest BCUT2D eigenvalue weighted by atomic mass is 35.5. The fraction of sp³-hybridized carbons (Fsp3) is 0.278. The van der Waals surface area contributed by atoms with Gasteiger partial charge in [0, 0.05) is 11.6 Å². The number of nitrogens with zero attached hydrogens (tertiary/aromatic N) is 1. The lowest BCUT2D eigenvalue weighted by atomic mass is 10.1. The fourth-order valence-corrected chi connectivity index (χ4v) is 3.35. The molecule has 5 nitrogen and oxygen atoms in total. The Morgan fingerprint density at radius 3 is 2.31 bits per heavy atom. The molecule has 8 heteroatoms. The van der Waals surface area contributed by atoms with Crippen LogP contribution in [-0.2, 0) is 21.2 Å². The van der Waals surface area contributed by atoms with Crippen molar-refractivity contribution in [3.05, 3.63) is 64.9 Å². The van der Waals surface area contributed by atoms with Gasteiger partial charge in [0.2, 0.25) is 15.9 Å². The Morgan fingerprint density at radius 1 is 1.12 bits per heavy atom. The van der Waals surface area contributed by atoms with Gasteiger partial charge in [-0.1, -0.05) is 23.7 Å². The summed E-state index contributed by atoms with van der Waals surface area (Å²) < 4.78 is 37.8. The highest BCUT2D eigenvalue weighted by Gasteiger charge is 2.20. The first kappa shape index (κ1) is 20.2. The second-order valence-corrected chi connectivity index (χ2v) is 8.17. The number of benzene rings is 2. The van der Waals surface area contributed by atoms with Gasteiger partial charge in [-0.3, -0.25) is 9.10 Å². The van der Waals surface area contributed by atoms with Crippen LogP contribution in [0.2, 0.25) is 5.02 Å². The Bertz CT molecular complexity index is 840. The van der Waals surface area contributed by atoms with E-state index in [9.17, 15) is 17.6 Å². The molecule has 1 N–H and O–H groups in total. The summed E-state index contributed by atoms with van der Waals surface area (Å²) in [4.78, 5) is 12.1. The quantitative estimate of drug-likeness (QED) is 0.695. The summed E-state index contributed by atoms with van der Waals surface area (Å²) in [6.07, 6.45) is 2.40. The third kappa shape index (κ3) is 6.31. The normalized spacial score (nSPS) is 11.2. The smallest absolute Gasteiger partial charge is 0.240 e. The number of amides is 1. The van der Waals surface area contributed by atoms with Crippen molar-refractivity contribution in [1.29, 1.82) is 0 Å². The van der Waals surface area contributed by atoms with Crippen molar-refractivity contribution < 1.29 is 17.6 Å². The van der Waals surface area contributed by atoms with E-state index in [0.717, 1.165) is 16.1 Å². The average molecular weight is 399 g/mol. The zero-order valence-electron chi connectivity index (χ0n) is 14.3. The molecular formula is C18H20ClFN2O3S. The summed E-state index contributed by atoms with van der Waals surface area (Å²) >= 11 is 5.81. The van der Waals surface area contributed by atoms with Crippen LogP contribution in [0.25, 0.3) is 0 Å². The Morgan fingerprint density at radius 2 is 1.73 bits per heavy atom. The van der Waals surface area contributed by atoms with E-state index in [4.69, 9.17) is 11.6 Å². The van der Waals surface area contributed by atoms with Crippen LogP contribution in [-0.4, -0.2) is 33.7 Å². The molecule has 0 fully saturated rings. The molecule has 0 aliphatic rings. The highest BCUT2D eigenvalue weighted by Crippen LogP contribution is 2.20. The second kappa shape index (κ2) is 9.00. The monoisotopic (exact) mass is 398 g/mol. The summed E-state index contributed by atoms with van der Waals surface area (Å²) in [5, 5.41) is 3.18. The van der Waals surface area contributed by atoms with Gasteiger partial charge in [0.05, 0.1) is 11.9 Å². The van der Waals surface area contributed by atoms with Crippen molar-refractivity contribution in [2.24, 2.45) is 0 Å². The number of rotatable bonds is 8. The molecular weight excluding hydrogens is 379 g/mol. The number of hydrogen-bond acceptors (Lipinski definition) is 3. The van der Waals surface area contributed by atoms with Crippen molar-refractivity contribution >= 4 is 33.2 Å². The maximum absolute atomic E-state index is 12.8. The van der Waals surface area contributed by atoms with Crippen molar-refractivity contribution in [2.45, 2.75) is 12.8 Å². The molecule has 1 amide bonds. The Hall–Kier alpha value is -2.12. The summed E-state index contributed by atoms with van der Waals surface area (Å²) in [6.45, 7) is 0.0887. The lowest BCUT2D eigenvalue weighted by Gasteiger charge is -2.22. The fourth-order valence-electron chi connectivity index (χ4n) is 2.37. The third-order valence-corrected chi connectivity index (χ3v) is 5.07. The lowest BCUT2D eigenvalue weighted by Crippen LogP contribution is -2.40. The van der Waals surface area contributed by atoms with Gasteiger partial charge < -0.3 is 5.32 Å². The summed E-state index contributed by atoms with van der Waals surface area (Å²) in [6, 6.07) is 12.4. The van der Waals surface area contributed by atoms with E-state index in [2.05, 4.69) is 5.32 Å². The topological polar surface area (TPSA) is 66.5 Å². The van der Waals surface area contributed by atoms with Gasteiger partial charge in [-0.25, -0.2) is 12.8 Å². The zero-order valence-corrected chi connectivity index (χ0v) is 15.9. The number of hydrogen-bond donors (Lipinski definition) is 1. The first-order chi connectivity index (χ1) is 12.3. The van der Waals surface area contributed by atoms with Crippen LogP contribution in [0.1, 0.15) is 12.0 Å². The summed E-state index contributed by atoms with van der Waals surface area (Å²) in [5.41, 5.74) is 1.35. The largest absolute Gasteiger partial charge is 0.355 e. The predicted molar refractivity (Wildman–Crippen MR) is 101 cm³/mol. The van der Waals surface area contributed by atoms with E-state index in [-0.39, 0.29) is 12.4 Å². The maximum atomic E-state index is 12.8. The van der Waals surface area contributed by atoms with Crippen LogP contribution >= 0.6 is 11.6 Å². The SMILES string of the molecule is CS(=O)(=O)N(CC(=O)NCCCc1ccc(F)cc1)c1ccc(Cl)cc1. The highest BCUT2D eigenvalue weighted by molar-refractivity contribution is 7.92. The second-order valence-electron chi connectivity index (χ2n) is 5.83. The van der Waals surface area contributed by atoms with Crippen molar-refractivity contribution in [3.63, 3.8) is 0 Å². The number of sulfonamides is 1. The first-order valence-electron chi connectivity index (χ1n) is 8.00. The zero-order chi connectivity index (χ0) is 19.2. The van der Waals surface area contributed by atoms with Crippen LogP contribution in [0.3, 0.4) is 0 Å². The van der Waals surface area contributed by atoms with Gasteiger partial charge in [-0.15, -0.1) is 0 Å². The number of aryl methyl sites for hydroxylation is 1. The molecule has 2 aromatic rings. The number of carbonyl (C=O) groups is 1. The molecule has 0 unspecified atom stereocenters. The standard InChI is InChI=1S/C18H20ClFN2O3S/c1-26(24,25)22(17-10-6-15(19)7-11-17)13-18(23)21-12-2-3-14-4-8-16(20)9-5-14/h4-11H,2-3,12-13H2,1H3,(H,21,23). The molecule has 0 spiro atoms. The number of halogens is 2. The molecule has 0 heterocycles. The number of anilines is 1. The molecule has 0 saturated heterocycles. The molecule has 0 aliphatic heterocycles. The van der Waals surface area contributed by atoms with E-state index in [1.54, 1.807) is 36.4 Å². The molecule has 2 rings (SSSR count). The van der Waals surface area contributed by atoms with Crippen LogP contribution in [0.5, 0.6) is 0 Å². The van der Waals surface area contributed by atoms with Crippen molar-refractivity contribution in [3.8, 4) is 0 Å². The third-order valence-electron chi connectivity index (χ3n) is 3.68. The molecule has 0 atom stereocenters. The molecule has 0 aliphatic carbocycles. The Balaban J connectivity index is 1.87. The summed E-state index contributed by atoms with van der Waals surface area (Å²) in [7, 11) is -3.61. The Kier molecular flexibility index (Phi) is 6.99. The van der Waals surface area contributed by atoms with Crippen molar-refractivity contribution in [1.82, 2.24) is 5.32 Å². The number of nitrogens with one attached hydrogen (secondary N) is 1. The molecule has 0 aromatic heterocycles. The van der Waals surface area contributed by atoms with Gasteiger partial charge >= 0.3 is 0 Å². The maximum Gasteiger partial charge on any atom is 0.240 e. The minimum absolute atomic E-state index is 0.287. The minimum atomic E-state index is -3.61. The minimum Gasteiger partial charge on any atom is -0.355 e. The van der Waals surface area contributed by atoms with E-state index in [0.29, 0.717) is 30.1 Å².